The maximum absolute atomic E-state index is 12.1. The number of carbonyl (C=O) groups is 1. The van der Waals surface area contributed by atoms with Gasteiger partial charge in [0.1, 0.15) is 0 Å². The highest BCUT2D eigenvalue weighted by Gasteiger charge is 2.13. The fourth-order valence-electron chi connectivity index (χ4n) is 0.709. The fourth-order valence-corrected chi connectivity index (χ4v) is 0.709. The van der Waals surface area contributed by atoms with Gasteiger partial charge in [-0.25, -0.2) is 13.9 Å². The van der Waals surface area contributed by atoms with Crippen molar-refractivity contribution < 1.29 is 13.9 Å². The van der Waals surface area contributed by atoms with Gasteiger partial charge in [0, 0.05) is 0 Å². The van der Waals surface area contributed by atoms with Crippen LogP contribution in [0.3, 0.4) is 0 Å². The second kappa shape index (κ2) is 3.80. The number of rotatable bonds is 3. The molecule has 0 N–H and O–H groups in total. The molecule has 5 nitrogen and oxygen atoms in total. The van der Waals surface area contributed by atoms with Crippen LogP contribution in [0, 0.1) is 0 Å². The van der Waals surface area contributed by atoms with Crippen LogP contribution in [0.5, 0.6) is 0 Å². The minimum atomic E-state index is -0.881. The molecule has 0 bridgehead atoms. The molecule has 1 aromatic heterocycles. The van der Waals surface area contributed by atoms with E-state index in [0.717, 1.165) is 10.9 Å². The van der Waals surface area contributed by atoms with E-state index in [1.54, 1.807) is 6.92 Å². The van der Waals surface area contributed by atoms with E-state index in [-0.39, 0.29) is 12.3 Å². The highest BCUT2D eigenvalue weighted by molar-refractivity contribution is 5.86. The van der Waals surface area contributed by atoms with E-state index in [9.17, 15) is 9.18 Å². The molecule has 66 valence electrons. The topological polar surface area (TPSA) is 57.0 Å². The standard InChI is InChI=1S/C6H8FN3O2/c1-2-12-6(11)5-3-8-9-10(5)4-7/h3H,2,4H2,1H3. The number of alkyl halides is 1. The third-order valence-corrected chi connectivity index (χ3v) is 1.22. The molecule has 6 heteroatoms. The Morgan fingerprint density at radius 2 is 2.58 bits per heavy atom. The summed E-state index contributed by atoms with van der Waals surface area (Å²) in [5, 5.41) is 6.70. The Labute approximate surface area is 68.1 Å². The molecule has 0 aromatic carbocycles. The summed E-state index contributed by atoms with van der Waals surface area (Å²) in [5.74, 6) is -0.611. The van der Waals surface area contributed by atoms with Crippen molar-refractivity contribution in [2.45, 2.75) is 13.7 Å². The number of aromatic nitrogens is 3. The summed E-state index contributed by atoms with van der Waals surface area (Å²) in [7, 11) is 0. The molecular formula is C6H8FN3O2. The van der Waals surface area contributed by atoms with Crippen LogP contribution in [0.25, 0.3) is 0 Å². The zero-order valence-electron chi connectivity index (χ0n) is 6.53. The Kier molecular flexibility index (Phi) is 2.73. The van der Waals surface area contributed by atoms with Crippen LogP contribution in [0.15, 0.2) is 6.20 Å². The van der Waals surface area contributed by atoms with Gasteiger partial charge in [-0.05, 0) is 6.92 Å². The van der Waals surface area contributed by atoms with E-state index in [1.807, 2.05) is 0 Å². The summed E-state index contributed by atoms with van der Waals surface area (Å²) in [5.41, 5.74) is 0.0272. The molecule has 0 saturated carbocycles. The van der Waals surface area contributed by atoms with E-state index >= 15 is 0 Å². The van der Waals surface area contributed by atoms with Crippen molar-refractivity contribution >= 4 is 5.97 Å². The molecule has 0 spiro atoms. The lowest BCUT2D eigenvalue weighted by Crippen LogP contribution is -2.11. The van der Waals surface area contributed by atoms with Crippen LogP contribution < -0.4 is 0 Å². The Morgan fingerprint density at radius 3 is 3.17 bits per heavy atom. The largest absolute Gasteiger partial charge is 0.461 e. The van der Waals surface area contributed by atoms with E-state index in [2.05, 4.69) is 15.0 Å². The maximum atomic E-state index is 12.1. The summed E-state index contributed by atoms with van der Waals surface area (Å²) in [6.45, 7) is 1.03. The van der Waals surface area contributed by atoms with Crippen molar-refractivity contribution in [3.63, 3.8) is 0 Å². The summed E-state index contributed by atoms with van der Waals surface area (Å²) in [6.07, 6.45) is 1.16. The quantitative estimate of drug-likeness (QED) is 0.620. The van der Waals surface area contributed by atoms with E-state index in [1.165, 1.54) is 0 Å². The zero-order chi connectivity index (χ0) is 8.97. The number of ether oxygens (including phenoxy) is 1. The zero-order valence-corrected chi connectivity index (χ0v) is 6.53. The van der Waals surface area contributed by atoms with Gasteiger partial charge < -0.3 is 4.74 Å². The van der Waals surface area contributed by atoms with Crippen molar-refractivity contribution in [1.29, 1.82) is 0 Å². The van der Waals surface area contributed by atoms with Gasteiger partial charge in [0.25, 0.3) is 0 Å². The highest BCUT2D eigenvalue weighted by Crippen LogP contribution is 1.99. The molecule has 0 radical (unpaired) electrons. The number of halogens is 1. The van der Waals surface area contributed by atoms with Crippen LogP contribution in [-0.2, 0) is 11.5 Å². The maximum Gasteiger partial charge on any atom is 0.358 e. The first-order valence-electron chi connectivity index (χ1n) is 3.41. The minimum Gasteiger partial charge on any atom is -0.461 e. The van der Waals surface area contributed by atoms with Gasteiger partial charge in [-0.15, -0.1) is 5.10 Å². The van der Waals surface area contributed by atoms with Crippen LogP contribution >= 0.6 is 0 Å². The molecule has 0 saturated heterocycles. The lowest BCUT2D eigenvalue weighted by atomic mass is 10.5. The number of hydrogen-bond donors (Lipinski definition) is 0. The fraction of sp³-hybridized carbons (Fsp3) is 0.500. The van der Waals surface area contributed by atoms with Crippen molar-refractivity contribution in [3.8, 4) is 0 Å². The van der Waals surface area contributed by atoms with Crippen molar-refractivity contribution in [1.82, 2.24) is 15.0 Å². The minimum absolute atomic E-state index is 0.0272. The monoisotopic (exact) mass is 173 g/mol. The van der Waals surface area contributed by atoms with Crippen LogP contribution in [0.1, 0.15) is 17.4 Å². The summed E-state index contributed by atoms with van der Waals surface area (Å²) in [4.78, 5) is 11.0. The molecule has 0 fully saturated rings. The third-order valence-electron chi connectivity index (χ3n) is 1.22. The van der Waals surface area contributed by atoms with Gasteiger partial charge >= 0.3 is 5.97 Å². The number of carbonyl (C=O) groups excluding carboxylic acids is 1. The SMILES string of the molecule is CCOC(=O)c1cnnn1CF. The molecule has 1 aromatic rings. The molecule has 0 aliphatic rings. The van der Waals surface area contributed by atoms with Gasteiger partial charge in [0.05, 0.1) is 12.8 Å². The highest BCUT2D eigenvalue weighted by atomic mass is 19.1. The lowest BCUT2D eigenvalue weighted by molar-refractivity contribution is 0.0507. The number of nitrogens with zero attached hydrogens (tertiary/aromatic N) is 3. The number of hydrogen-bond acceptors (Lipinski definition) is 4. The van der Waals surface area contributed by atoms with Gasteiger partial charge in [-0.1, -0.05) is 5.21 Å². The smallest absolute Gasteiger partial charge is 0.358 e. The Bertz CT molecular complexity index is 274. The lowest BCUT2D eigenvalue weighted by Gasteiger charge is -2.00. The average molecular weight is 173 g/mol. The van der Waals surface area contributed by atoms with Crippen LogP contribution in [0.2, 0.25) is 0 Å². The van der Waals surface area contributed by atoms with Gasteiger partial charge in [-0.2, -0.15) is 0 Å². The van der Waals surface area contributed by atoms with E-state index in [4.69, 9.17) is 0 Å². The first-order chi connectivity index (χ1) is 5.79. The van der Waals surface area contributed by atoms with E-state index in [0.29, 0.717) is 0 Å². The first kappa shape index (κ1) is 8.63. The Morgan fingerprint density at radius 1 is 1.83 bits per heavy atom. The predicted octanol–water partition coefficient (Wildman–Crippen LogP) is 0.382. The molecular weight excluding hydrogens is 165 g/mol. The molecule has 0 amide bonds. The van der Waals surface area contributed by atoms with Crippen molar-refractivity contribution in [2.24, 2.45) is 0 Å². The first-order valence-corrected chi connectivity index (χ1v) is 3.41. The van der Waals surface area contributed by atoms with Crippen molar-refractivity contribution in [3.05, 3.63) is 11.9 Å². The molecule has 0 aliphatic carbocycles. The van der Waals surface area contributed by atoms with Crippen LogP contribution in [0.4, 0.5) is 4.39 Å². The second-order valence-corrected chi connectivity index (χ2v) is 1.96. The predicted molar refractivity (Wildman–Crippen MR) is 37.1 cm³/mol. The molecule has 0 atom stereocenters. The molecule has 1 rings (SSSR count). The Hall–Kier alpha value is -1.46. The van der Waals surface area contributed by atoms with E-state index < -0.39 is 12.8 Å². The summed E-state index contributed by atoms with van der Waals surface area (Å²) < 4.78 is 17.5. The van der Waals surface area contributed by atoms with Crippen molar-refractivity contribution in [2.75, 3.05) is 6.61 Å². The third kappa shape index (κ3) is 1.58. The summed E-state index contributed by atoms with van der Waals surface area (Å²) >= 11 is 0. The molecule has 0 aliphatic heterocycles. The molecule has 1 heterocycles. The Balaban J connectivity index is 2.79. The molecule has 12 heavy (non-hydrogen) atoms. The van der Waals surface area contributed by atoms with Gasteiger partial charge in [0.15, 0.2) is 12.5 Å². The average Bonchev–Trinajstić information content (AvgIpc) is 2.51. The van der Waals surface area contributed by atoms with Gasteiger partial charge in [-0.3, -0.25) is 0 Å². The number of esters is 1. The summed E-state index contributed by atoms with van der Waals surface area (Å²) in [6, 6.07) is 0. The van der Waals surface area contributed by atoms with Crippen LogP contribution in [-0.4, -0.2) is 27.6 Å². The van der Waals surface area contributed by atoms with Gasteiger partial charge in [0.2, 0.25) is 0 Å². The molecule has 0 unspecified atom stereocenters. The second-order valence-electron chi connectivity index (χ2n) is 1.96. The normalized spacial score (nSPS) is 9.83.